The van der Waals surface area contributed by atoms with Crippen LogP contribution in [0.2, 0.25) is 0 Å². The molecule has 20 heavy (non-hydrogen) atoms. The Kier molecular flexibility index (Phi) is 5.53. The van der Waals surface area contributed by atoms with Gasteiger partial charge >= 0.3 is 5.97 Å². The third-order valence-electron chi connectivity index (χ3n) is 3.31. The summed E-state index contributed by atoms with van der Waals surface area (Å²) < 4.78 is 4.72. The summed E-state index contributed by atoms with van der Waals surface area (Å²) in [6, 6.07) is 8.78. The van der Waals surface area contributed by atoms with Crippen LogP contribution >= 0.6 is 12.4 Å². The number of amides is 1. The van der Waals surface area contributed by atoms with Gasteiger partial charge in [-0.15, -0.1) is 12.4 Å². The van der Waals surface area contributed by atoms with E-state index in [2.05, 4.69) is 5.32 Å². The maximum absolute atomic E-state index is 11.9. The summed E-state index contributed by atoms with van der Waals surface area (Å²) >= 11 is 0. The third-order valence-corrected chi connectivity index (χ3v) is 3.31. The number of halogens is 1. The molecule has 1 unspecified atom stereocenters. The normalized spacial score (nSPS) is 16.5. The van der Waals surface area contributed by atoms with E-state index in [4.69, 9.17) is 10.5 Å². The summed E-state index contributed by atoms with van der Waals surface area (Å²) in [5, 5.41) is 2.68. The maximum Gasteiger partial charge on any atom is 0.328 e. The predicted molar refractivity (Wildman–Crippen MR) is 77.5 cm³/mol. The summed E-state index contributed by atoms with van der Waals surface area (Å²) in [4.78, 5) is 23.6. The fourth-order valence-electron chi connectivity index (χ4n) is 1.85. The highest BCUT2D eigenvalue weighted by molar-refractivity contribution is 5.92. The number of nitrogens with one attached hydrogen (secondary N) is 1. The number of carbonyl (C=O) groups is 2. The van der Waals surface area contributed by atoms with E-state index in [0.29, 0.717) is 19.3 Å². The van der Waals surface area contributed by atoms with E-state index in [1.54, 1.807) is 0 Å². The van der Waals surface area contributed by atoms with Gasteiger partial charge in [0.05, 0.1) is 12.6 Å². The topological polar surface area (TPSA) is 81.4 Å². The predicted octanol–water partition coefficient (Wildman–Crippen LogP) is 0.800. The van der Waals surface area contributed by atoms with Gasteiger partial charge in [0, 0.05) is 6.42 Å². The third kappa shape index (κ3) is 3.95. The van der Waals surface area contributed by atoms with E-state index < -0.39 is 17.6 Å². The minimum atomic E-state index is -0.789. The quantitative estimate of drug-likeness (QED) is 0.788. The Hall–Kier alpha value is -1.59. The fraction of sp³-hybridized carbons (Fsp3) is 0.429. The van der Waals surface area contributed by atoms with Crippen LogP contribution in [0.4, 0.5) is 0 Å². The largest absolute Gasteiger partial charge is 0.467 e. The van der Waals surface area contributed by atoms with Crippen LogP contribution < -0.4 is 11.1 Å². The summed E-state index contributed by atoms with van der Waals surface area (Å²) in [5.41, 5.74) is 5.98. The molecule has 1 atom stereocenters. The lowest BCUT2D eigenvalue weighted by molar-refractivity contribution is -0.145. The minimum Gasteiger partial charge on any atom is -0.467 e. The van der Waals surface area contributed by atoms with Crippen molar-refractivity contribution in [3.8, 4) is 0 Å². The Labute approximate surface area is 124 Å². The van der Waals surface area contributed by atoms with E-state index in [9.17, 15) is 9.59 Å². The van der Waals surface area contributed by atoms with Gasteiger partial charge in [0.25, 0.3) is 0 Å². The first-order valence-corrected chi connectivity index (χ1v) is 6.27. The summed E-state index contributed by atoms with van der Waals surface area (Å²) in [7, 11) is 1.31. The molecular weight excluding hydrogens is 280 g/mol. The second-order valence-corrected chi connectivity index (χ2v) is 4.90. The average Bonchev–Trinajstić information content (AvgIpc) is 3.17. The van der Waals surface area contributed by atoms with Crippen molar-refractivity contribution in [3.05, 3.63) is 35.9 Å². The molecule has 110 valence electrons. The van der Waals surface area contributed by atoms with Gasteiger partial charge in [-0.3, -0.25) is 4.79 Å². The molecule has 3 N–H and O–H groups in total. The lowest BCUT2D eigenvalue weighted by Gasteiger charge is -2.18. The van der Waals surface area contributed by atoms with Gasteiger partial charge in [-0.2, -0.15) is 0 Å². The first-order chi connectivity index (χ1) is 9.05. The molecule has 0 spiro atoms. The standard InChI is InChI=1S/C14H18N2O3.ClH/c1-19-12(17)11(9-10-5-3-2-4-6-10)16-13(18)14(15)7-8-14;/h2-6,11H,7-9,15H2,1H3,(H,16,18);1H. The van der Waals surface area contributed by atoms with Crippen molar-refractivity contribution in [2.75, 3.05) is 7.11 Å². The second-order valence-electron chi connectivity index (χ2n) is 4.90. The first kappa shape index (κ1) is 16.5. The van der Waals surface area contributed by atoms with Crippen molar-refractivity contribution in [1.82, 2.24) is 5.32 Å². The molecule has 0 saturated heterocycles. The number of nitrogens with two attached hydrogens (primary N) is 1. The lowest BCUT2D eigenvalue weighted by Crippen LogP contribution is -2.51. The van der Waals surface area contributed by atoms with Gasteiger partial charge < -0.3 is 15.8 Å². The van der Waals surface area contributed by atoms with Crippen LogP contribution in [-0.2, 0) is 20.7 Å². The molecule has 1 saturated carbocycles. The average molecular weight is 299 g/mol. The lowest BCUT2D eigenvalue weighted by atomic mass is 10.1. The molecule has 1 aliphatic carbocycles. The van der Waals surface area contributed by atoms with E-state index >= 15 is 0 Å². The smallest absolute Gasteiger partial charge is 0.328 e. The molecule has 5 nitrogen and oxygen atoms in total. The molecule has 0 aliphatic heterocycles. The molecule has 0 aromatic heterocycles. The number of rotatable bonds is 5. The van der Waals surface area contributed by atoms with Crippen LogP contribution in [0.15, 0.2) is 30.3 Å². The molecule has 0 bridgehead atoms. The Morgan fingerprint density at radius 3 is 2.45 bits per heavy atom. The van der Waals surface area contributed by atoms with Crippen molar-refractivity contribution in [2.24, 2.45) is 5.73 Å². The Balaban J connectivity index is 0.00000200. The van der Waals surface area contributed by atoms with Gasteiger partial charge in [-0.25, -0.2) is 4.79 Å². The summed E-state index contributed by atoms with van der Waals surface area (Å²) in [6.45, 7) is 0. The van der Waals surface area contributed by atoms with Crippen molar-refractivity contribution < 1.29 is 14.3 Å². The molecule has 6 heteroatoms. The van der Waals surface area contributed by atoms with Crippen LogP contribution in [0.25, 0.3) is 0 Å². The maximum atomic E-state index is 11.9. The fourth-order valence-corrected chi connectivity index (χ4v) is 1.85. The molecule has 0 radical (unpaired) electrons. The highest BCUT2D eigenvalue weighted by Crippen LogP contribution is 2.32. The van der Waals surface area contributed by atoms with Crippen molar-refractivity contribution in [2.45, 2.75) is 30.8 Å². The summed E-state index contributed by atoms with van der Waals surface area (Å²) in [6.07, 6.45) is 1.73. The van der Waals surface area contributed by atoms with Crippen LogP contribution in [0, 0.1) is 0 Å². The van der Waals surface area contributed by atoms with Crippen LogP contribution in [0.1, 0.15) is 18.4 Å². The highest BCUT2D eigenvalue weighted by Gasteiger charge is 2.47. The Morgan fingerprint density at radius 2 is 1.95 bits per heavy atom. The minimum absolute atomic E-state index is 0. The van der Waals surface area contributed by atoms with Crippen molar-refractivity contribution >= 4 is 24.3 Å². The first-order valence-electron chi connectivity index (χ1n) is 6.27. The SMILES string of the molecule is COC(=O)C(Cc1ccccc1)NC(=O)C1(N)CC1.Cl. The van der Waals surface area contributed by atoms with Crippen molar-refractivity contribution in [1.29, 1.82) is 0 Å². The van der Waals surface area contributed by atoms with Gasteiger partial charge in [0.2, 0.25) is 5.91 Å². The zero-order valence-corrected chi connectivity index (χ0v) is 12.1. The molecule has 1 fully saturated rings. The van der Waals surface area contributed by atoms with Crippen molar-refractivity contribution in [3.63, 3.8) is 0 Å². The van der Waals surface area contributed by atoms with E-state index in [1.807, 2.05) is 30.3 Å². The highest BCUT2D eigenvalue weighted by atomic mass is 35.5. The molecule has 1 aliphatic rings. The number of carbonyl (C=O) groups excluding carboxylic acids is 2. The van der Waals surface area contributed by atoms with Gasteiger partial charge in [0.1, 0.15) is 6.04 Å². The molecule has 2 rings (SSSR count). The van der Waals surface area contributed by atoms with E-state index in [-0.39, 0.29) is 18.3 Å². The zero-order valence-electron chi connectivity index (χ0n) is 11.3. The number of hydrogen-bond acceptors (Lipinski definition) is 4. The Morgan fingerprint density at radius 1 is 1.35 bits per heavy atom. The molecule has 0 heterocycles. The second kappa shape index (κ2) is 6.72. The Bertz CT molecular complexity index is 475. The molecular formula is C14H19ClN2O3. The summed E-state index contributed by atoms with van der Waals surface area (Å²) in [5.74, 6) is -0.736. The molecule has 1 aromatic rings. The monoisotopic (exact) mass is 298 g/mol. The number of methoxy groups -OCH3 is 1. The van der Waals surface area contributed by atoms with Crippen LogP contribution in [0.3, 0.4) is 0 Å². The van der Waals surface area contributed by atoms with E-state index in [0.717, 1.165) is 5.56 Å². The van der Waals surface area contributed by atoms with Gasteiger partial charge in [-0.05, 0) is 18.4 Å². The number of esters is 1. The number of benzene rings is 1. The van der Waals surface area contributed by atoms with Crippen LogP contribution in [-0.4, -0.2) is 30.6 Å². The number of hydrogen-bond donors (Lipinski definition) is 2. The van der Waals surface area contributed by atoms with Gasteiger partial charge in [-0.1, -0.05) is 30.3 Å². The molecule has 1 amide bonds. The zero-order chi connectivity index (χ0) is 13.9. The number of ether oxygens (including phenoxy) is 1. The van der Waals surface area contributed by atoms with E-state index in [1.165, 1.54) is 7.11 Å². The molecule has 1 aromatic carbocycles. The van der Waals surface area contributed by atoms with Gasteiger partial charge in [0.15, 0.2) is 0 Å². The van der Waals surface area contributed by atoms with Crippen LogP contribution in [0.5, 0.6) is 0 Å².